The summed E-state index contributed by atoms with van der Waals surface area (Å²) in [6.07, 6.45) is 5.24. The van der Waals surface area contributed by atoms with Crippen molar-refractivity contribution in [2.24, 2.45) is 0 Å². The largest absolute Gasteiger partial charge is 0.500 e. The van der Waals surface area contributed by atoms with E-state index in [1.54, 1.807) is 0 Å². The van der Waals surface area contributed by atoms with E-state index in [-0.39, 0.29) is 0 Å². The lowest BCUT2D eigenvalue weighted by molar-refractivity contribution is 0.204. The van der Waals surface area contributed by atoms with Crippen LogP contribution in [-0.4, -0.2) is 45.6 Å². The maximum Gasteiger partial charge on any atom is 0.460 e. The summed E-state index contributed by atoms with van der Waals surface area (Å²) in [5.74, 6) is 0. The van der Waals surface area contributed by atoms with Gasteiger partial charge in [-0.05, 0) is 25.9 Å². The van der Waals surface area contributed by atoms with Gasteiger partial charge in [0.15, 0.2) is 0 Å². The molecule has 102 valence electrons. The first-order valence-electron chi connectivity index (χ1n) is 7.62. The fraction of sp³-hybridized carbons (Fsp3) is 1.00. The van der Waals surface area contributed by atoms with Gasteiger partial charge in [0, 0.05) is 13.2 Å². The topological polar surface area (TPSA) is 12.5 Å². The van der Waals surface area contributed by atoms with E-state index in [0.29, 0.717) is 0 Å². The Kier molecular flexibility index (Phi) is 13.2. The van der Waals surface area contributed by atoms with E-state index in [2.05, 4.69) is 32.6 Å². The second-order valence-electron chi connectivity index (χ2n) is 4.86. The molecule has 0 aromatic carbocycles. The van der Waals surface area contributed by atoms with E-state index in [9.17, 15) is 0 Å². The highest BCUT2D eigenvalue weighted by molar-refractivity contribution is 6.51. The third-order valence-electron chi connectivity index (χ3n) is 3.33. The molecule has 0 heterocycles. The summed E-state index contributed by atoms with van der Waals surface area (Å²) in [6.45, 7) is 13.7. The van der Waals surface area contributed by atoms with Crippen molar-refractivity contribution in [1.82, 2.24) is 4.90 Å². The molecule has 0 rings (SSSR count). The van der Waals surface area contributed by atoms with Gasteiger partial charge in [0.05, 0.1) is 0 Å². The Hall–Kier alpha value is 0.452. The minimum Gasteiger partial charge on any atom is -0.500 e. The Morgan fingerprint density at radius 1 is 0.824 bits per heavy atom. The Labute approximate surface area is 113 Å². The van der Waals surface area contributed by atoms with E-state index in [1.165, 1.54) is 49.3 Å². The van der Waals surface area contributed by atoms with Crippen LogP contribution in [0.2, 0.25) is 10.6 Å². The standard InChI is InChI=1S/C10H22NO.2C2H5.Al/c1-3-5-7-11(9-10-12)8-6-4-2;2*1-2;/h3-10H2,1-2H3;2*1H2,2H3;/q-1;;;+1. The van der Waals surface area contributed by atoms with Crippen molar-refractivity contribution in [1.29, 1.82) is 0 Å². The number of rotatable bonds is 12. The monoisotopic (exact) mass is 257 g/mol. The zero-order valence-corrected chi connectivity index (χ0v) is 13.7. The predicted octanol–water partition coefficient (Wildman–Crippen LogP) is 3.94. The van der Waals surface area contributed by atoms with Crippen LogP contribution in [0.15, 0.2) is 0 Å². The van der Waals surface area contributed by atoms with Crippen molar-refractivity contribution in [3.8, 4) is 0 Å². The molecule has 0 radical (unpaired) electrons. The molecule has 17 heavy (non-hydrogen) atoms. The van der Waals surface area contributed by atoms with E-state index in [0.717, 1.165) is 13.2 Å². The molecular formula is C14H32AlNO. The zero-order valence-electron chi connectivity index (χ0n) is 12.5. The van der Waals surface area contributed by atoms with E-state index in [1.807, 2.05) is 0 Å². The lowest BCUT2D eigenvalue weighted by atomic mass is 10.2. The minimum atomic E-state index is -0.832. The lowest BCUT2D eigenvalue weighted by Gasteiger charge is -2.23. The number of hydrogen-bond donors (Lipinski definition) is 0. The number of nitrogens with zero attached hydrogens (tertiary/aromatic N) is 1. The Morgan fingerprint density at radius 2 is 1.35 bits per heavy atom. The first kappa shape index (κ1) is 17.5. The minimum absolute atomic E-state index is 0.832. The molecule has 0 spiro atoms. The summed E-state index contributed by atoms with van der Waals surface area (Å²) in [6, 6.07) is 0. The van der Waals surface area contributed by atoms with Crippen LogP contribution in [0.1, 0.15) is 53.4 Å². The highest BCUT2D eigenvalue weighted by atomic mass is 27.2. The summed E-state index contributed by atoms with van der Waals surface area (Å²) in [5, 5.41) is 2.56. The van der Waals surface area contributed by atoms with Gasteiger partial charge in [0.25, 0.3) is 0 Å². The number of hydrogen-bond acceptors (Lipinski definition) is 2. The van der Waals surface area contributed by atoms with Gasteiger partial charge >= 0.3 is 14.5 Å². The van der Waals surface area contributed by atoms with Gasteiger partial charge in [-0.1, -0.05) is 51.1 Å². The molecule has 0 aromatic rings. The molecule has 0 amide bonds. The first-order valence-corrected chi connectivity index (χ1v) is 9.72. The number of unbranched alkanes of at least 4 members (excludes halogenated alkanes) is 2. The molecule has 2 nitrogen and oxygen atoms in total. The van der Waals surface area contributed by atoms with Crippen LogP contribution in [0, 0.1) is 0 Å². The van der Waals surface area contributed by atoms with Gasteiger partial charge in [-0.15, -0.1) is 0 Å². The van der Waals surface area contributed by atoms with Crippen molar-refractivity contribution in [3.05, 3.63) is 0 Å². The average molecular weight is 257 g/mol. The van der Waals surface area contributed by atoms with Crippen LogP contribution >= 0.6 is 0 Å². The van der Waals surface area contributed by atoms with Gasteiger partial charge in [0.2, 0.25) is 0 Å². The highest BCUT2D eigenvalue weighted by Crippen LogP contribution is 2.02. The molecule has 3 heteroatoms. The molecule has 0 saturated carbocycles. The van der Waals surface area contributed by atoms with Crippen molar-refractivity contribution >= 4 is 14.5 Å². The highest BCUT2D eigenvalue weighted by Gasteiger charge is 2.14. The van der Waals surface area contributed by atoms with Crippen LogP contribution in [0.25, 0.3) is 0 Å². The molecule has 0 atom stereocenters. The van der Waals surface area contributed by atoms with E-state index >= 15 is 0 Å². The summed E-state index contributed by atoms with van der Waals surface area (Å²) >= 11 is -0.832. The normalized spacial score (nSPS) is 11.1. The van der Waals surface area contributed by atoms with Gasteiger partial charge in [-0.25, -0.2) is 0 Å². The van der Waals surface area contributed by atoms with Gasteiger partial charge < -0.3 is 8.69 Å². The van der Waals surface area contributed by atoms with Gasteiger partial charge in [0.1, 0.15) is 0 Å². The molecule has 0 unspecified atom stereocenters. The summed E-state index contributed by atoms with van der Waals surface area (Å²) < 4.78 is 6.03. The molecule has 0 aliphatic heterocycles. The molecule has 0 aliphatic rings. The van der Waals surface area contributed by atoms with Crippen LogP contribution in [0.4, 0.5) is 0 Å². The fourth-order valence-corrected chi connectivity index (χ4v) is 3.46. The van der Waals surface area contributed by atoms with Crippen LogP contribution in [-0.2, 0) is 3.79 Å². The van der Waals surface area contributed by atoms with Crippen molar-refractivity contribution < 1.29 is 3.79 Å². The third kappa shape index (κ3) is 10.1. The van der Waals surface area contributed by atoms with Gasteiger partial charge in [-0.3, -0.25) is 0 Å². The van der Waals surface area contributed by atoms with Crippen LogP contribution in [0.3, 0.4) is 0 Å². The van der Waals surface area contributed by atoms with Crippen LogP contribution < -0.4 is 0 Å². The zero-order chi connectivity index (χ0) is 12.9. The van der Waals surface area contributed by atoms with E-state index < -0.39 is 14.5 Å². The summed E-state index contributed by atoms with van der Waals surface area (Å²) in [7, 11) is 0. The summed E-state index contributed by atoms with van der Waals surface area (Å²) in [5.41, 5.74) is 0. The molecule has 0 aliphatic carbocycles. The van der Waals surface area contributed by atoms with Crippen LogP contribution in [0.5, 0.6) is 0 Å². The molecule has 0 bridgehead atoms. The first-order chi connectivity index (χ1) is 8.28. The third-order valence-corrected chi connectivity index (χ3v) is 5.86. The summed E-state index contributed by atoms with van der Waals surface area (Å²) in [4.78, 5) is 2.59. The Morgan fingerprint density at radius 3 is 1.76 bits per heavy atom. The second kappa shape index (κ2) is 12.9. The smallest absolute Gasteiger partial charge is 0.460 e. The second-order valence-corrected chi connectivity index (χ2v) is 8.07. The molecule has 0 N–H and O–H groups in total. The molecule has 0 fully saturated rings. The Balaban J connectivity index is 3.72. The predicted molar refractivity (Wildman–Crippen MR) is 78.9 cm³/mol. The molecule has 0 aromatic heterocycles. The van der Waals surface area contributed by atoms with Crippen molar-refractivity contribution in [3.63, 3.8) is 0 Å². The van der Waals surface area contributed by atoms with Crippen molar-refractivity contribution in [2.45, 2.75) is 63.9 Å². The van der Waals surface area contributed by atoms with Crippen molar-refractivity contribution in [2.75, 3.05) is 26.2 Å². The average Bonchev–Trinajstić information content (AvgIpc) is 2.37. The maximum atomic E-state index is 6.03. The maximum absolute atomic E-state index is 6.03. The fourth-order valence-electron chi connectivity index (χ4n) is 1.97. The van der Waals surface area contributed by atoms with E-state index in [4.69, 9.17) is 3.79 Å². The van der Waals surface area contributed by atoms with Gasteiger partial charge in [-0.2, -0.15) is 0 Å². The molecule has 0 saturated heterocycles. The SMILES string of the molecule is CCCCN(CCCC)CC[O][Al]([CH2]C)[CH2]C. The Bertz CT molecular complexity index is 143. The lowest BCUT2D eigenvalue weighted by Crippen LogP contribution is -2.31. The quantitative estimate of drug-likeness (QED) is 0.491. The molecular weight excluding hydrogens is 225 g/mol.